The number of hydrogen-bond acceptors (Lipinski definition) is 3. The van der Waals surface area contributed by atoms with Gasteiger partial charge >= 0.3 is 6.18 Å². The maximum Gasteiger partial charge on any atom is 0.405 e. The second-order valence-electron chi connectivity index (χ2n) is 5.52. The molecule has 0 saturated carbocycles. The van der Waals surface area contributed by atoms with Crippen molar-refractivity contribution >= 4 is 15.9 Å². The molecule has 1 N–H and O–H groups in total. The van der Waals surface area contributed by atoms with Crippen molar-refractivity contribution in [1.82, 2.24) is 9.62 Å². The van der Waals surface area contributed by atoms with Gasteiger partial charge in [0.05, 0.1) is 4.90 Å². The van der Waals surface area contributed by atoms with Crippen LogP contribution < -0.4 is 5.32 Å². The minimum atomic E-state index is -4.59. The number of halogens is 4. The molecular weight excluding hydrogens is 352 g/mol. The molecule has 1 aromatic rings. The van der Waals surface area contributed by atoms with Crippen molar-refractivity contribution in [2.75, 3.05) is 13.1 Å². The van der Waals surface area contributed by atoms with Crippen molar-refractivity contribution < 1.29 is 30.8 Å². The molecule has 0 radical (unpaired) electrons. The van der Waals surface area contributed by atoms with Crippen LogP contribution in [-0.2, 0) is 14.8 Å². The first kappa shape index (κ1) is 18.7. The number of hydrogen-bond donors (Lipinski definition) is 1. The topological polar surface area (TPSA) is 66.5 Å². The zero-order valence-electron chi connectivity index (χ0n) is 12.7. The summed E-state index contributed by atoms with van der Waals surface area (Å²) in [6.45, 7) is -0.0707. The van der Waals surface area contributed by atoms with Crippen molar-refractivity contribution in [3.05, 3.63) is 29.6 Å². The first-order valence-corrected chi connectivity index (χ1v) is 8.59. The van der Waals surface area contributed by atoms with Crippen LogP contribution >= 0.6 is 0 Å². The van der Waals surface area contributed by atoms with Gasteiger partial charge in [-0.25, -0.2) is 12.8 Å². The van der Waals surface area contributed by atoms with Gasteiger partial charge in [-0.05, 0) is 37.5 Å². The fourth-order valence-electron chi connectivity index (χ4n) is 2.57. The lowest BCUT2D eigenvalue weighted by molar-refractivity contribution is -0.140. The molecule has 1 unspecified atom stereocenters. The Morgan fingerprint density at radius 1 is 1.38 bits per heavy atom. The monoisotopic (exact) mass is 368 g/mol. The molecule has 10 heteroatoms. The SMILES string of the molecule is Cc1ccc(F)cc1S(=O)(=O)N1CCCC1C(=O)NCC(F)(F)F. The largest absolute Gasteiger partial charge is 0.405 e. The summed E-state index contributed by atoms with van der Waals surface area (Å²) in [4.78, 5) is 11.6. The van der Waals surface area contributed by atoms with Crippen LogP contribution in [0.2, 0.25) is 0 Å². The van der Waals surface area contributed by atoms with Gasteiger partial charge in [0.25, 0.3) is 0 Å². The van der Waals surface area contributed by atoms with Crippen molar-refractivity contribution in [1.29, 1.82) is 0 Å². The lowest BCUT2D eigenvalue weighted by atomic mass is 10.2. The summed E-state index contributed by atoms with van der Waals surface area (Å²) in [6, 6.07) is 2.00. The summed E-state index contributed by atoms with van der Waals surface area (Å²) in [6.07, 6.45) is -4.15. The number of alkyl halides is 3. The molecule has 1 atom stereocenters. The Morgan fingerprint density at radius 3 is 2.67 bits per heavy atom. The van der Waals surface area contributed by atoms with Gasteiger partial charge in [0.1, 0.15) is 18.4 Å². The molecule has 0 bridgehead atoms. The molecular formula is C14H16F4N2O3S. The van der Waals surface area contributed by atoms with E-state index >= 15 is 0 Å². The molecule has 24 heavy (non-hydrogen) atoms. The molecule has 0 aromatic heterocycles. The van der Waals surface area contributed by atoms with E-state index < -0.39 is 40.5 Å². The van der Waals surface area contributed by atoms with Crippen LogP contribution in [0.4, 0.5) is 17.6 Å². The smallest absolute Gasteiger partial charge is 0.346 e. The highest BCUT2D eigenvalue weighted by atomic mass is 32.2. The first-order chi connectivity index (χ1) is 11.0. The molecule has 1 fully saturated rings. The van der Waals surface area contributed by atoms with E-state index in [2.05, 4.69) is 0 Å². The van der Waals surface area contributed by atoms with E-state index in [0.29, 0.717) is 6.42 Å². The first-order valence-electron chi connectivity index (χ1n) is 7.15. The molecule has 1 saturated heterocycles. The minimum absolute atomic E-state index is 0.0115. The van der Waals surface area contributed by atoms with Crippen LogP contribution in [-0.4, -0.2) is 43.9 Å². The van der Waals surface area contributed by atoms with Crippen molar-refractivity contribution in [2.24, 2.45) is 0 Å². The second-order valence-corrected chi connectivity index (χ2v) is 7.38. The summed E-state index contributed by atoms with van der Waals surface area (Å²) in [5.74, 6) is -1.76. The van der Waals surface area contributed by atoms with Crippen molar-refractivity contribution in [3.63, 3.8) is 0 Å². The van der Waals surface area contributed by atoms with Gasteiger partial charge in [-0.1, -0.05) is 6.07 Å². The third-order valence-electron chi connectivity index (χ3n) is 3.71. The summed E-state index contributed by atoms with van der Waals surface area (Å²) in [7, 11) is -4.19. The predicted molar refractivity (Wildman–Crippen MR) is 77.1 cm³/mol. The number of aryl methyl sites for hydroxylation is 1. The maximum absolute atomic E-state index is 13.4. The number of nitrogens with one attached hydrogen (secondary N) is 1. The quantitative estimate of drug-likeness (QED) is 0.827. The Kier molecular flexibility index (Phi) is 5.19. The third-order valence-corrected chi connectivity index (χ3v) is 5.76. The normalized spacial score (nSPS) is 19.5. The molecule has 1 heterocycles. The summed E-state index contributed by atoms with van der Waals surface area (Å²) < 4.78 is 76.2. The van der Waals surface area contributed by atoms with Gasteiger partial charge in [-0.15, -0.1) is 0 Å². The van der Waals surface area contributed by atoms with E-state index in [4.69, 9.17) is 0 Å². The minimum Gasteiger partial charge on any atom is -0.346 e. The van der Waals surface area contributed by atoms with Gasteiger partial charge in [-0.3, -0.25) is 4.79 Å². The molecule has 0 aliphatic carbocycles. The average Bonchev–Trinajstić information content (AvgIpc) is 2.96. The van der Waals surface area contributed by atoms with E-state index in [1.54, 1.807) is 5.32 Å². The van der Waals surface area contributed by atoms with E-state index in [-0.39, 0.29) is 23.4 Å². The number of amides is 1. The Labute approximate surface area is 136 Å². The number of carbonyl (C=O) groups is 1. The fraction of sp³-hybridized carbons (Fsp3) is 0.500. The standard InChI is InChI=1S/C14H16F4N2O3S/c1-9-4-5-10(15)7-12(9)24(22,23)20-6-2-3-11(20)13(21)19-8-14(16,17)18/h4-5,7,11H,2-3,6,8H2,1H3,(H,19,21). The van der Waals surface area contributed by atoms with E-state index in [0.717, 1.165) is 16.4 Å². The molecule has 1 aromatic carbocycles. The van der Waals surface area contributed by atoms with Crippen LogP contribution in [0, 0.1) is 12.7 Å². The lowest BCUT2D eigenvalue weighted by Crippen LogP contribution is -2.48. The zero-order chi connectivity index (χ0) is 18.1. The Balaban J connectivity index is 2.26. The Hall–Kier alpha value is -1.68. The molecule has 1 aliphatic rings. The van der Waals surface area contributed by atoms with Crippen LogP contribution in [0.3, 0.4) is 0 Å². The molecule has 2 rings (SSSR count). The number of sulfonamides is 1. The lowest BCUT2D eigenvalue weighted by Gasteiger charge is -2.24. The summed E-state index contributed by atoms with van der Waals surface area (Å²) in [5.41, 5.74) is 0.290. The van der Waals surface area contributed by atoms with Crippen LogP contribution in [0.1, 0.15) is 18.4 Å². The predicted octanol–water partition coefficient (Wildman–Crippen LogP) is 1.97. The van der Waals surface area contributed by atoms with Crippen LogP contribution in [0.25, 0.3) is 0 Å². The van der Waals surface area contributed by atoms with Gasteiger partial charge in [0.2, 0.25) is 15.9 Å². The van der Waals surface area contributed by atoms with Gasteiger partial charge in [0, 0.05) is 6.54 Å². The van der Waals surface area contributed by atoms with Gasteiger partial charge in [0.15, 0.2) is 0 Å². The van der Waals surface area contributed by atoms with Crippen LogP contribution in [0.5, 0.6) is 0 Å². The number of rotatable bonds is 4. The fourth-order valence-corrected chi connectivity index (χ4v) is 4.47. The average molecular weight is 368 g/mol. The second kappa shape index (κ2) is 6.67. The summed E-state index contributed by atoms with van der Waals surface area (Å²) >= 11 is 0. The van der Waals surface area contributed by atoms with Crippen molar-refractivity contribution in [3.8, 4) is 0 Å². The highest BCUT2D eigenvalue weighted by molar-refractivity contribution is 7.89. The molecule has 0 spiro atoms. The molecule has 1 aliphatic heterocycles. The number of nitrogens with zero attached hydrogens (tertiary/aromatic N) is 1. The van der Waals surface area contributed by atoms with E-state index in [1.807, 2.05) is 0 Å². The zero-order valence-corrected chi connectivity index (χ0v) is 13.5. The van der Waals surface area contributed by atoms with E-state index in [9.17, 15) is 30.8 Å². The van der Waals surface area contributed by atoms with Crippen LogP contribution in [0.15, 0.2) is 23.1 Å². The highest BCUT2D eigenvalue weighted by Crippen LogP contribution is 2.28. The molecule has 5 nitrogen and oxygen atoms in total. The van der Waals surface area contributed by atoms with Gasteiger partial charge < -0.3 is 5.32 Å². The van der Waals surface area contributed by atoms with E-state index in [1.165, 1.54) is 13.0 Å². The highest BCUT2D eigenvalue weighted by Gasteiger charge is 2.41. The van der Waals surface area contributed by atoms with Crippen molar-refractivity contribution in [2.45, 2.75) is 36.9 Å². The Bertz CT molecular complexity index is 734. The number of benzene rings is 1. The Morgan fingerprint density at radius 2 is 2.04 bits per heavy atom. The summed E-state index contributed by atoms with van der Waals surface area (Å²) in [5, 5.41) is 1.70. The maximum atomic E-state index is 13.4. The number of carbonyl (C=O) groups excluding carboxylic acids is 1. The van der Waals surface area contributed by atoms with Gasteiger partial charge in [-0.2, -0.15) is 17.5 Å². The third kappa shape index (κ3) is 4.04. The molecule has 134 valence electrons. The molecule has 1 amide bonds.